The van der Waals surface area contributed by atoms with E-state index in [0.717, 1.165) is 57.8 Å². The number of carbonyl (C=O) groups excluding carboxylic acids is 1. The van der Waals surface area contributed by atoms with Crippen LogP contribution >= 0.6 is 7.82 Å². The molecule has 0 aromatic rings. The number of phosphoric ester groups is 1. The Hall–Kier alpha value is -1.02. The largest absolute Gasteiger partial charge is 0.756 e. The number of aliphatic hydroxyl groups excluding tert-OH is 1. The van der Waals surface area contributed by atoms with Crippen LogP contribution in [0.3, 0.4) is 0 Å². The van der Waals surface area contributed by atoms with Crippen LogP contribution in [0, 0.1) is 0 Å². The van der Waals surface area contributed by atoms with Gasteiger partial charge in [0.25, 0.3) is 7.82 Å². The number of hydrogen-bond donors (Lipinski definition) is 2. The Kier molecular flexibility index (Phi) is 24.8. The van der Waals surface area contributed by atoms with Crippen molar-refractivity contribution in [1.29, 1.82) is 0 Å². The van der Waals surface area contributed by atoms with Gasteiger partial charge >= 0.3 is 0 Å². The summed E-state index contributed by atoms with van der Waals surface area (Å²) in [5.41, 5.74) is 0. The number of hydrogen-bond acceptors (Lipinski definition) is 6. The number of unbranched alkanes of at least 4 members (excludes halogenated alkanes) is 13. The smallest absolute Gasteiger partial charge is 0.268 e. The maximum atomic E-state index is 12.6. The monoisotopic (exact) mass is 602 g/mol. The third-order valence-electron chi connectivity index (χ3n) is 6.91. The van der Waals surface area contributed by atoms with Gasteiger partial charge in [-0.3, -0.25) is 9.36 Å². The lowest BCUT2D eigenvalue weighted by molar-refractivity contribution is -0.870. The Bertz CT molecular complexity index is 738. The number of quaternary nitrogens is 1. The lowest BCUT2D eigenvalue weighted by Crippen LogP contribution is -2.45. The van der Waals surface area contributed by atoms with Crippen LogP contribution in [0.2, 0.25) is 0 Å². The van der Waals surface area contributed by atoms with Gasteiger partial charge in [-0.1, -0.05) is 102 Å². The summed E-state index contributed by atoms with van der Waals surface area (Å²) in [5.74, 6) is -0.218. The summed E-state index contributed by atoms with van der Waals surface area (Å²) in [5, 5.41) is 13.5. The van der Waals surface area contributed by atoms with E-state index in [2.05, 4.69) is 31.3 Å². The third-order valence-corrected chi connectivity index (χ3v) is 7.87. The molecule has 8 nitrogen and oxygen atoms in total. The van der Waals surface area contributed by atoms with Crippen molar-refractivity contribution < 1.29 is 32.9 Å². The van der Waals surface area contributed by atoms with Crippen molar-refractivity contribution in [1.82, 2.24) is 5.32 Å². The van der Waals surface area contributed by atoms with Gasteiger partial charge in [-0.05, 0) is 38.5 Å². The van der Waals surface area contributed by atoms with Gasteiger partial charge < -0.3 is 28.8 Å². The van der Waals surface area contributed by atoms with Gasteiger partial charge in [0.2, 0.25) is 5.91 Å². The second-order valence-electron chi connectivity index (χ2n) is 12.2. The van der Waals surface area contributed by atoms with Gasteiger partial charge in [0, 0.05) is 6.42 Å². The zero-order valence-electron chi connectivity index (χ0n) is 27.0. The van der Waals surface area contributed by atoms with E-state index in [1.807, 2.05) is 27.2 Å². The molecular weight excluding hydrogens is 539 g/mol. The van der Waals surface area contributed by atoms with Crippen LogP contribution < -0.4 is 10.2 Å². The standard InChI is InChI=1S/C32H63N2O6P/c1-6-8-10-12-14-16-18-20-22-24-26-32(36)33-30(29-40-41(37,38)39-28-27-34(3,4)5)31(35)25-23-21-19-17-15-13-11-9-7-2/h12,14,23,25,30-31,35H,6-11,13,15-22,24,26-29H2,1-5H3,(H-,33,36,37,38)/b14-12-,25-23+. The first-order valence-electron chi connectivity index (χ1n) is 16.2. The second kappa shape index (κ2) is 25.5. The summed E-state index contributed by atoms with van der Waals surface area (Å²) >= 11 is 0. The van der Waals surface area contributed by atoms with E-state index < -0.39 is 20.0 Å². The molecule has 3 atom stereocenters. The normalized spacial score (nSPS) is 15.4. The van der Waals surface area contributed by atoms with E-state index in [0.29, 0.717) is 17.4 Å². The number of allylic oxidation sites excluding steroid dienone is 3. The number of rotatable bonds is 28. The summed E-state index contributed by atoms with van der Waals surface area (Å²) in [6.45, 7) is 4.51. The maximum Gasteiger partial charge on any atom is 0.268 e. The SMILES string of the molecule is CCCC/C=C\CCCCCCC(=O)NC(COP(=O)([O-])OCC[N+](C)(C)C)C(O)/C=C/CCCCCCCCC. The Morgan fingerprint density at radius 1 is 0.829 bits per heavy atom. The van der Waals surface area contributed by atoms with E-state index in [1.54, 1.807) is 6.08 Å². The van der Waals surface area contributed by atoms with Crippen molar-refractivity contribution in [2.24, 2.45) is 0 Å². The van der Waals surface area contributed by atoms with Gasteiger partial charge in [-0.2, -0.15) is 0 Å². The second-order valence-corrected chi connectivity index (χ2v) is 13.6. The van der Waals surface area contributed by atoms with Crippen LogP contribution in [-0.2, 0) is 18.4 Å². The molecule has 0 radical (unpaired) electrons. The number of nitrogens with zero attached hydrogens (tertiary/aromatic N) is 1. The number of nitrogens with one attached hydrogen (secondary N) is 1. The van der Waals surface area contributed by atoms with Crippen molar-refractivity contribution in [3.63, 3.8) is 0 Å². The highest BCUT2D eigenvalue weighted by Crippen LogP contribution is 2.38. The third kappa shape index (κ3) is 27.6. The Morgan fingerprint density at radius 3 is 1.98 bits per heavy atom. The van der Waals surface area contributed by atoms with Crippen molar-refractivity contribution in [3.8, 4) is 0 Å². The van der Waals surface area contributed by atoms with Crippen molar-refractivity contribution in [2.45, 2.75) is 135 Å². The highest BCUT2D eigenvalue weighted by Gasteiger charge is 2.23. The Morgan fingerprint density at radius 2 is 1.37 bits per heavy atom. The van der Waals surface area contributed by atoms with E-state index in [-0.39, 0.29) is 19.1 Å². The van der Waals surface area contributed by atoms with Crippen LogP contribution in [0.25, 0.3) is 0 Å². The van der Waals surface area contributed by atoms with E-state index in [4.69, 9.17) is 9.05 Å². The molecule has 0 saturated carbocycles. The van der Waals surface area contributed by atoms with Gasteiger partial charge in [-0.15, -0.1) is 0 Å². The number of likely N-dealkylation sites (N-methyl/N-ethyl adjacent to an activating group) is 1. The molecule has 41 heavy (non-hydrogen) atoms. The van der Waals surface area contributed by atoms with E-state index in [1.165, 1.54) is 44.9 Å². The first-order valence-corrected chi connectivity index (χ1v) is 17.7. The van der Waals surface area contributed by atoms with Gasteiger partial charge in [0.1, 0.15) is 13.2 Å². The fourth-order valence-corrected chi connectivity index (χ4v) is 4.91. The predicted molar refractivity (Wildman–Crippen MR) is 168 cm³/mol. The van der Waals surface area contributed by atoms with Crippen LogP contribution in [0.15, 0.2) is 24.3 Å². The highest BCUT2D eigenvalue weighted by molar-refractivity contribution is 7.45. The molecule has 0 aliphatic heterocycles. The number of aliphatic hydroxyl groups is 1. The molecule has 2 N–H and O–H groups in total. The molecule has 0 aliphatic carbocycles. The Labute approximate surface area is 252 Å². The summed E-state index contributed by atoms with van der Waals surface area (Å²) in [6.07, 6.45) is 25.1. The molecule has 0 fully saturated rings. The van der Waals surface area contributed by atoms with Crippen molar-refractivity contribution in [3.05, 3.63) is 24.3 Å². The lowest BCUT2D eigenvalue weighted by atomic mass is 10.1. The fourth-order valence-electron chi connectivity index (χ4n) is 4.19. The van der Waals surface area contributed by atoms with Crippen LogP contribution in [0.5, 0.6) is 0 Å². The summed E-state index contributed by atoms with van der Waals surface area (Å²) < 4.78 is 22.9. The number of carbonyl (C=O) groups is 1. The molecule has 0 rings (SSSR count). The maximum absolute atomic E-state index is 12.6. The minimum Gasteiger partial charge on any atom is -0.756 e. The molecule has 0 bridgehead atoms. The molecule has 0 aliphatic rings. The molecular formula is C32H63N2O6P. The zero-order chi connectivity index (χ0) is 30.8. The molecule has 3 unspecified atom stereocenters. The minimum atomic E-state index is -4.57. The van der Waals surface area contributed by atoms with Crippen molar-refractivity contribution >= 4 is 13.7 Å². The number of phosphoric acid groups is 1. The van der Waals surface area contributed by atoms with E-state index in [9.17, 15) is 19.4 Å². The van der Waals surface area contributed by atoms with E-state index >= 15 is 0 Å². The summed E-state index contributed by atoms with van der Waals surface area (Å²) in [7, 11) is 1.24. The first kappa shape index (κ1) is 40.0. The molecule has 1 amide bonds. The van der Waals surface area contributed by atoms with Gasteiger partial charge in [-0.25, -0.2) is 0 Å². The van der Waals surface area contributed by atoms with Crippen molar-refractivity contribution in [2.75, 3.05) is 40.9 Å². The van der Waals surface area contributed by atoms with Crippen LogP contribution in [0.4, 0.5) is 0 Å². The molecule has 0 aromatic heterocycles. The van der Waals surface area contributed by atoms with Gasteiger partial charge in [0.05, 0.1) is 39.9 Å². The summed E-state index contributed by atoms with van der Waals surface area (Å²) in [6, 6.07) is -0.884. The molecule has 0 spiro atoms. The molecule has 0 saturated heterocycles. The Balaban J connectivity index is 4.68. The fraction of sp³-hybridized carbons (Fsp3) is 0.844. The topological polar surface area (TPSA) is 108 Å². The van der Waals surface area contributed by atoms with Gasteiger partial charge in [0.15, 0.2) is 0 Å². The number of amides is 1. The molecule has 9 heteroatoms. The molecule has 0 heterocycles. The highest BCUT2D eigenvalue weighted by atomic mass is 31.2. The van der Waals surface area contributed by atoms with Crippen LogP contribution in [0.1, 0.15) is 123 Å². The quantitative estimate of drug-likeness (QED) is 0.0440. The first-order chi connectivity index (χ1) is 19.5. The zero-order valence-corrected chi connectivity index (χ0v) is 27.9. The molecule has 0 aromatic carbocycles. The minimum absolute atomic E-state index is 0.00324. The lowest BCUT2D eigenvalue weighted by Gasteiger charge is -2.29. The average molecular weight is 603 g/mol. The summed E-state index contributed by atoms with van der Waals surface area (Å²) in [4.78, 5) is 24.9. The average Bonchev–Trinajstić information content (AvgIpc) is 2.90. The predicted octanol–water partition coefficient (Wildman–Crippen LogP) is 6.82. The van der Waals surface area contributed by atoms with Crippen LogP contribution in [-0.4, -0.2) is 68.5 Å². The molecule has 242 valence electrons.